The lowest BCUT2D eigenvalue weighted by Gasteiger charge is -2.13. The van der Waals surface area contributed by atoms with E-state index in [4.69, 9.17) is 10.2 Å². The fourth-order valence-electron chi connectivity index (χ4n) is 1.20. The van der Waals surface area contributed by atoms with Crippen LogP contribution in [0.2, 0.25) is 0 Å². The van der Waals surface area contributed by atoms with Gasteiger partial charge in [0.1, 0.15) is 5.75 Å². The Hall–Kier alpha value is -2.21. The van der Waals surface area contributed by atoms with E-state index < -0.39 is 11.2 Å². The van der Waals surface area contributed by atoms with Gasteiger partial charge in [0.25, 0.3) is 0 Å². The summed E-state index contributed by atoms with van der Waals surface area (Å²) in [5, 5.41) is 17.1. The molecule has 1 aromatic rings. The van der Waals surface area contributed by atoms with Crippen LogP contribution in [0.15, 0.2) is 49.6 Å². The maximum atomic E-state index is 10.6. The standard InChI is InChI=1S/C7H11NO2.C7H6O2S/c1-3-5-8(6-4-2)7(9)10;8-6-4-2-1-3-5(6)7(9)10/h3-4H,1-2,5-6H2,(H,9,10);1-4,8H,(H,9,10). The van der Waals surface area contributed by atoms with Gasteiger partial charge in [-0.1, -0.05) is 24.3 Å². The fourth-order valence-corrected chi connectivity index (χ4v) is 1.39. The first-order valence-electron chi connectivity index (χ1n) is 5.65. The molecule has 108 valence electrons. The summed E-state index contributed by atoms with van der Waals surface area (Å²) in [5.74, 6) is -0.0255. The molecule has 0 aliphatic carbocycles. The monoisotopic (exact) mass is 295 g/mol. The van der Waals surface area contributed by atoms with Crippen molar-refractivity contribution in [1.82, 2.24) is 4.90 Å². The van der Waals surface area contributed by atoms with Gasteiger partial charge >= 0.3 is 6.09 Å². The Labute approximate surface area is 123 Å². The zero-order valence-corrected chi connectivity index (χ0v) is 11.8. The average molecular weight is 295 g/mol. The molecule has 20 heavy (non-hydrogen) atoms. The van der Waals surface area contributed by atoms with E-state index in [2.05, 4.69) is 25.8 Å². The molecule has 5 nitrogen and oxygen atoms in total. The SMILES string of the molecule is C=CCN(CC=C)C(=O)O.O=C(S)c1ccccc1O. The van der Waals surface area contributed by atoms with Crippen molar-refractivity contribution in [3.05, 3.63) is 55.1 Å². The number of para-hydroxylation sites is 1. The molecular weight excluding hydrogens is 278 g/mol. The number of carbonyl (C=O) groups excluding carboxylic acids is 1. The van der Waals surface area contributed by atoms with Gasteiger partial charge in [-0.05, 0) is 12.1 Å². The van der Waals surface area contributed by atoms with Crippen LogP contribution in [0.1, 0.15) is 10.4 Å². The Morgan fingerprint density at radius 3 is 2.00 bits per heavy atom. The highest BCUT2D eigenvalue weighted by atomic mass is 32.1. The van der Waals surface area contributed by atoms with E-state index in [1.807, 2.05) is 0 Å². The van der Waals surface area contributed by atoms with E-state index in [-0.39, 0.29) is 11.3 Å². The van der Waals surface area contributed by atoms with Crippen molar-refractivity contribution in [2.24, 2.45) is 0 Å². The molecule has 1 rings (SSSR count). The highest BCUT2D eigenvalue weighted by Gasteiger charge is 2.05. The third-order valence-corrected chi connectivity index (χ3v) is 2.34. The summed E-state index contributed by atoms with van der Waals surface area (Å²) in [5.41, 5.74) is 0.242. The van der Waals surface area contributed by atoms with E-state index >= 15 is 0 Å². The smallest absolute Gasteiger partial charge is 0.407 e. The largest absolute Gasteiger partial charge is 0.507 e. The van der Waals surface area contributed by atoms with Crippen LogP contribution in [0.4, 0.5) is 4.79 Å². The molecule has 0 saturated heterocycles. The number of hydrogen-bond donors (Lipinski definition) is 3. The van der Waals surface area contributed by atoms with E-state index in [1.165, 1.54) is 29.2 Å². The third kappa shape index (κ3) is 6.65. The molecule has 6 heteroatoms. The number of aromatic hydroxyl groups is 1. The molecule has 0 heterocycles. The van der Waals surface area contributed by atoms with Crippen LogP contribution in [-0.4, -0.2) is 39.4 Å². The van der Waals surface area contributed by atoms with Gasteiger partial charge in [0.05, 0.1) is 5.56 Å². The van der Waals surface area contributed by atoms with E-state index in [0.717, 1.165) is 0 Å². The van der Waals surface area contributed by atoms with Crippen molar-refractivity contribution in [3.63, 3.8) is 0 Å². The molecule has 1 amide bonds. The maximum absolute atomic E-state index is 10.6. The van der Waals surface area contributed by atoms with Crippen LogP contribution >= 0.6 is 12.6 Å². The quantitative estimate of drug-likeness (QED) is 0.576. The van der Waals surface area contributed by atoms with Crippen LogP contribution in [0.3, 0.4) is 0 Å². The van der Waals surface area contributed by atoms with Crippen molar-refractivity contribution in [1.29, 1.82) is 0 Å². The fraction of sp³-hybridized carbons (Fsp3) is 0.143. The Kier molecular flexibility index (Phi) is 8.61. The predicted octanol–water partition coefficient (Wildman–Crippen LogP) is 2.80. The first-order valence-corrected chi connectivity index (χ1v) is 6.09. The highest BCUT2D eigenvalue weighted by molar-refractivity contribution is 7.97. The number of carbonyl (C=O) groups is 2. The lowest BCUT2D eigenvalue weighted by molar-refractivity contribution is 0.108. The summed E-state index contributed by atoms with van der Waals surface area (Å²) in [6.45, 7) is 7.55. The summed E-state index contributed by atoms with van der Waals surface area (Å²) in [4.78, 5) is 22.1. The van der Waals surface area contributed by atoms with Crippen LogP contribution in [-0.2, 0) is 0 Å². The van der Waals surface area contributed by atoms with Gasteiger partial charge in [0, 0.05) is 13.1 Å². The molecule has 0 unspecified atom stereocenters. The second-order valence-electron chi connectivity index (χ2n) is 3.59. The summed E-state index contributed by atoms with van der Waals surface area (Å²) in [6.07, 6.45) is 2.13. The molecule has 0 radical (unpaired) electrons. The number of benzene rings is 1. The van der Waals surface area contributed by atoms with Gasteiger partial charge in [-0.15, -0.1) is 25.8 Å². The van der Waals surface area contributed by atoms with Gasteiger partial charge in [-0.2, -0.15) is 0 Å². The van der Waals surface area contributed by atoms with Gasteiger partial charge in [0.2, 0.25) is 5.12 Å². The molecule has 1 aromatic carbocycles. The van der Waals surface area contributed by atoms with Crippen LogP contribution in [0.5, 0.6) is 5.75 Å². The number of phenols is 1. The summed E-state index contributed by atoms with van der Waals surface area (Å²) >= 11 is 3.56. The zero-order chi connectivity index (χ0) is 15.5. The lowest BCUT2D eigenvalue weighted by atomic mass is 10.2. The summed E-state index contributed by atoms with van der Waals surface area (Å²) < 4.78 is 0. The second-order valence-corrected chi connectivity index (χ2v) is 3.99. The number of rotatable bonds is 5. The van der Waals surface area contributed by atoms with Crippen LogP contribution < -0.4 is 0 Å². The van der Waals surface area contributed by atoms with E-state index in [9.17, 15) is 9.59 Å². The second kappa shape index (κ2) is 9.69. The third-order valence-electron chi connectivity index (χ3n) is 2.10. The van der Waals surface area contributed by atoms with Crippen molar-refractivity contribution < 1.29 is 19.8 Å². The maximum Gasteiger partial charge on any atom is 0.407 e. The summed E-state index contributed by atoms with van der Waals surface area (Å²) in [6, 6.07) is 6.28. The molecule has 0 saturated carbocycles. The molecule has 0 bridgehead atoms. The molecular formula is C14H17NO4S. The highest BCUT2D eigenvalue weighted by Crippen LogP contribution is 2.16. The summed E-state index contributed by atoms with van der Waals surface area (Å²) in [7, 11) is 0. The van der Waals surface area contributed by atoms with Gasteiger partial charge in [-0.25, -0.2) is 4.79 Å². The molecule has 2 N–H and O–H groups in total. The predicted molar refractivity (Wildman–Crippen MR) is 81.4 cm³/mol. The number of nitrogens with zero attached hydrogens (tertiary/aromatic N) is 1. The first-order chi connectivity index (χ1) is 9.43. The molecule has 0 aliphatic heterocycles. The minimum absolute atomic E-state index is 0.0255. The minimum Gasteiger partial charge on any atom is -0.507 e. The normalized spacial score (nSPS) is 8.85. The number of amides is 1. The van der Waals surface area contributed by atoms with Crippen molar-refractivity contribution in [2.45, 2.75) is 0 Å². The number of thiol groups is 1. The van der Waals surface area contributed by atoms with Crippen molar-refractivity contribution >= 4 is 23.8 Å². The van der Waals surface area contributed by atoms with Crippen LogP contribution in [0, 0.1) is 0 Å². The first kappa shape index (κ1) is 17.8. The Balaban J connectivity index is 0.000000361. The topological polar surface area (TPSA) is 77.8 Å². The molecule has 0 aromatic heterocycles. The zero-order valence-electron chi connectivity index (χ0n) is 10.9. The Bertz CT molecular complexity index is 478. The Morgan fingerprint density at radius 1 is 1.20 bits per heavy atom. The van der Waals surface area contributed by atoms with Gasteiger partial charge in [-0.3, -0.25) is 4.79 Å². The average Bonchev–Trinajstić information content (AvgIpc) is 2.39. The van der Waals surface area contributed by atoms with Gasteiger partial charge < -0.3 is 15.1 Å². The molecule has 0 spiro atoms. The number of phenolic OH excluding ortho intramolecular Hbond substituents is 1. The minimum atomic E-state index is -0.945. The number of hydrogen-bond acceptors (Lipinski definition) is 3. The van der Waals surface area contributed by atoms with Gasteiger partial charge in [0.15, 0.2) is 0 Å². The van der Waals surface area contributed by atoms with Crippen LogP contribution in [0.25, 0.3) is 0 Å². The van der Waals surface area contributed by atoms with E-state index in [0.29, 0.717) is 13.1 Å². The van der Waals surface area contributed by atoms with E-state index in [1.54, 1.807) is 12.1 Å². The molecule has 0 fully saturated rings. The van der Waals surface area contributed by atoms with Crippen molar-refractivity contribution in [3.8, 4) is 5.75 Å². The molecule has 0 atom stereocenters. The molecule has 0 aliphatic rings. The number of carboxylic acid groups (broad SMARTS) is 1. The van der Waals surface area contributed by atoms with Crippen molar-refractivity contribution in [2.75, 3.05) is 13.1 Å². The lowest BCUT2D eigenvalue weighted by Crippen LogP contribution is -2.29. The Morgan fingerprint density at radius 2 is 1.70 bits per heavy atom.